The Balaban J connectivity index is 1.74. The Labute approximate surface area is 144 Å². The van der Waals surface area contributed by atoms with Crippen molar-refractivity contribution in [3.63, 3.8) is 0 Å². The molecule has 0 aliphatic heterocycles. The zero-order chi connectivity index (χ0) is 18.3. The molecular formula is C19H20F3NO2. The second kappa shape index (κ2) is 8.67. The van der Waals surface area contributed by atoms with E-state index in [4.69, 9.17) is 4.74 Å². The number of ether oxygens (including phenoxy) is 1. The highest BCUT2D eigenvalue weighted by Gasteiger charge is 2.30. The highest BCUT2D eigenvalue weighted by atomic mass is 19.4. The van der Waals surface area contributed by atoms with Crippen molar-refractivity contribution in [3.05, 3.63) is 71.3 Å². The molecule has 0 saturated heterocycles. The van der Waals surface area contributed by atoms with E-state index in [2.05, 4.69) is 5.32 Å². The van der Waals surface area contributed by atoms with Crippen LogP contribution in [-0.4, -0.2) is 19.1 Å². The number of rotatable bonds is 7. The summed E-state index contributed by atoms with van der Waals surface area (Å²) in [6.07, 6.45) is -3.94. The Morgan fingerprint density at radius 3 is 2.52 bits per heavy atom. The third-order valence-electron chi connectivity index (χ3n) is 3.70. The van der Waals surface area contributed by atoms with Crippen LogP contribution in [0.25, 0.3) is 0 Å². The molecule has 0 aliphatic rings. The molecule has 6 heteroatoms. The van der Waals surface area contributed by atoms with Gasteiger partial charge in [-0.1, -0.05) is 36.4 Å². The van der Waals surface area contributed by atoms with Crippen LogP contribution >= 0.6 is 0 Å². The average Bonchev–Trinajstić information content (AvgIpc) is 2.61. The molecule has 134 valence electrons. The normalized spacial score (nSPS) is 12.6. The van der Waals surface area contributed by atoms with Gasteiger partial charge in [-0.3, -0.25) is 4.79 Å². The third kappa shape index (κ3) is 5.90. The van der Waals surface area contributed by atoms with E-state index >= 15 is 0 Å². The van der Waals surface area contributed by atoms with Crippen LogP contribution in [0.3, 0.4) is 0 Å². The van der Waals surface area contributed by atoms with Gasteiger partial charge in [0.25, 0.3) is 5.91 Å². The largest absolute Gasteiger partial charge is 0.416 e. The lowest BCUT2D eigenvalue weighted by Crippen LogP contribution is -2.25. The Hall–Kier alpha value is -2.34. The summed E-state index contributed by atoms with van der Waals surface area (Å²) in [5.74, 6) is -0.526. The first-order valence-electron chi connectivity index (χ1n) is 8.00. The summed E-state index contributed by atoms with van der Waals surface area (Å²) in [6, 6.07) is 14.1. The first-order chi connectivity index (χ1) is 11.9. The average molecular weight is 351 g/mol. The molecule has 0 fully saturated rings. The van der Waals surface area contributed by atoms with E-state index in [1.807, 2.05) is 37.3 Å². The zero-order valence-corrected chi connectivity index (χ0v) is 13.8. The molecule has 3 nitrogen and oxygen atoms in total. The highest BCUT2D eigenvalue weighted by Crippen LogP contribution is 2.29. The molecule has 1 amide bonds. The van der Waals surface area contributed by atoms with Gasteiger partial charge in [-0.25, -0.2) is 0 Å². The summed E-state index contributed by atoms with van der Waals surface area (Å²) in [4.78, 5) is 11.9. The van der Waals surface area contributed by atoms with Crippen molar-refractivity contribution >= 4 is 5.91 Å². The van der Waals surface area contributed by atoms with Crippen LogP contribution in [0.1, 0.15) is 40.9 Å². The monoisotopic (exact) mass is 351 g/mol. The van der Waals surface area contributed by atoms with Gasteiger partial charge in [0.05, 0.1) is 11.7 Å². The molecule has 0 radical (unpaired) electrons. The van der Waals surface area contributed by atoms with Crippen LogP contribution in [0.15, 0.2) is 54.6 Å². The molecule has 2 aromatic rings. The van der Waals surface area contributed by atoms with E-state index in [-0.39, 0.29) is 11.7 Å². The van der Waals surface area contributed by atoms with Crippen molar-refractivity contribution in [3.8, 4) is 0 Å². The van der Waals surface area contributed by atoms with E-state index in [0.717, 1.165) is 17.7 Å². The standard InChI is InChI=1S/C19H20F3NO2/c1-14(15-7-3-2-4-8-15)25-12-6-11-23-18(24)16-9-5-10-17(13-16)19(20,21)22/h2-5,7-10,13-14H,6,11-12H2,1H3,(H,23,24). The number of carbonyl (C=O) groups is 1. The fourth-order valence-electron chi connectivity index (χ4n) is 2.29. The maximum absolute atomic E-state index is 12.7. The fraction of sp³-hybridized carbons (Fsp3) is 0.316. The summed E-state index contributed by atoms with van der Waals surface area (Å²) in [7, 11) is 0. The van der Waals surface area contributed by atoms with Gasteiger partial charge in [-0.05, 0) is 37.1 Å². The van der Waals surface area contributed by atoms with Gasteiger partial charge in [0, 0.05) is 18.7 Å². The van der Waals surface area contributed by atoms with E-state index < -0.39 is 17.6 Å². The first kappa shape index (κ1) is 19.0. The van der Waals surface area contributed by atoms with Gasteiger partial charge >= 0.3 is 6.18 Å². The first-order valence-corrected chi connectivity index (χ1v) is 8.00. The molecule has 1 N–H and O–H groups in total. The molecule has 0 aromatic heterocycles. The summed E-state index contributed by atoms with van der Waals surface area (Å²) in [6.45, 7) is 2.71. The van der Waals surface area contributed by atoms with Crippen LogP contribution in [0.5, 0.6) is 0 Å². The second-order valence-corrected chi connectivity index (χ2v) is 5.61. The van der Waals surface area contributed by atoms with Crippen molar-refractivity contribution in [2.45, 2.75) is 25.6 Å². The van der Waals surface area contributed by atoms with Gasteiger partial charge in [-0.15, -0.1) is 0 Å². The molecule has 1 atom stereocenters. The number of nitrogens with one attached hydrogen (secondary N) is 1. The molecule has 0 heterocycles. The van der Waals surface area contributed by atoms with Gasteiger partial charge in [0.15, 0.2) is 0 Å². The molecule has 1 unspecified atom stereocenters. The molecule has 0 saturated carbocycles. The summed E-state index contributed by atoms with van der Waals surface area (Å²) in [5.41, 5.74) is 0.226. The Bertz CT molecular complexity index is 687. The van der Waals surface area contributed by atoms with Crippen LogP contribution in [0, 0.1) is 0 Å². The van der Waals surface area contributed by atoms with Crippen LogP contribution in [0.4, 0.5) is 13.2 Å². The van der Waals surface area contributed by atoms with Gasteiger partial charge < -0.3 is 10.1 Å². The number of carbonyl (C=O) groups excluding carboxylic acids is 1. The van der Waals surface area contributed by atoms with E-state index in [1.54, 1.807) is 0 Å². The summed E-state index contributed by atoms with van der Waals surface area (Å²) >= 11 is 0. The van der Waals surface area contributed by atoms with Crippen LogP contribution < -0.4 is 5.32 Å². The molecular weight excluding hydrogens is 331 g/mol. The van der Waals surface area contributed by atoms with Crippen molar-refractivity contribution in [1.29, 1.82) is 0 Å². The molecule has 0 bridgehead atoms. The number of halogens is 3. The molecule has 0 aliphatic carbocycles. The maximum atomic E-state index is 12.7. The molecule has 25 heavy (non-hydrogen) atoms. The lowest BCUT2D eigenvalue weighted by molar-refractivity contribution is -0.137. The minimum Gasteiger partial charge on any atom is -0.374 e. The Morgan fingerprint density at radius 2 is 1.84 bits per heavy atom. The van der Waals surface area contributed by atoms with Crippen molar-refractivity contribution in [2.75, 3.05) is 13.2 Å². The van der Waals surface area contributed by atoms with Crippen molar-refractivity contribution in [1.82, 2.24) is 5.32 Å². The zero-order valence-electron chi connectivity index (χ0n) is 13.8. The number of hydrogen-bond acceptors (Lipinski definition) is 2. The minimum absolute atomic E-state index is 0.00611. The predicted molar refractivity (Wildman–Crippen MR) is 89.2 cm³/mol. The van der Waals surface area contributed by atoms with Gasteiger partial charge in [-0.2, -0.15) is 13.2 Å². The number of hydrogen-bond donors (Lipinski definition) is 1. The predicted octanol–water partition coefficient (Wildman–Crippen LogP) is 4.60. The molecule has 0 spiro atoms. The molecule has 2 aromatic carbocycles. The van der Waals surface area contributed by atoms with Gasteiger partial charge in [0.2, 0.25) is 0 Å². The Morgan fingerprint density at radius 1 is 1.12 bits per heavy atom. The number of alkyl halides is 3. The van der Waals surface area contributed by atoms with E-state index in [1.165, 1.54) is 12.1 Å². The SMILES string of the molecule is CC(OCCCNC(=O)c1cccc(C(F)(F)F)c1)c1ccccc1. The smallest absolute Gasteiger partial charge is 0.374 e. The lowest BCUT2D eigenvalue weighted by Gasteiger charge is -2.13. The van der Waals surface area contributed by atoms with Crippen molar-refractivity contribution < 1.29 is 22.7 Å². The highest BCUT2D eigenvalue weighted by molar-refractivity contribution is 5.94. The quantitative estimate of drug-likeness (QED) is 0.740. The number of benzene rings is 2. The summed E-state index contributed by atoms with van der Waals surface area (Å²) < 4.78 is 43.6. The van der Waals surface area contributed by atoms with Crippen LogP contribution in [0.2, 0.25) is 0 Å². The van der Waals surface area contributed by atoms with E-state index in [0.29, 0.717) is 19.6 Å². The third-order valence-corrected chi connectivity index (χ3v) is 3.70. The summed E-state index contributed by atoms with van der Waals surface area (Å²) in [5, 5.41) is 2.60. The fourth-order valence-corrected chi connectivity index (χ4v) is 2.29. The van der Waals surface area contributed by atoms with Gasteiger partial charge in [0.1, 0.15) is 0 Å². The lowest BCUT2D eigenvalue weighted by atomic mass is 10.1. The molecule has 2 rings (SSSR count). The van der Waals surface area contributed by atoms with Crippen molar-refractivity contribution in [2.24, 2.45) is 0 Å². The van der Waals surface area contributed by atoms with E-state index in [9.17, 15) is 18.0 Å². The second-order valence-electron chi connectivity index (χ2n) is 5.61. The topological polar surface area (TPSA) is 38.3 Å². The number of amides is 1. The Kier molecular flexibility index (Phi) is 6.58. The minimum atomic E-state index is -4.46. The van der Waals surface area contributed by atoms with Crippen LogP contribution in [-0.2, 0) is 10.9 Å². The maximum Gasteiger partial charge on any atom is 0.416 e.